The Balaban J connectivity index is 1.00. The maximum atomic E-state index is 2.50. The summed E-state index contributed by atoms with van der Waals surface area (Å²) in [4.78, 5) is 2.50. The van der Waals surface area contributed by atoms with Crippen molar-refractivity contribution in [2.75, 3.05) is 4.90 Å². The lowest BCUT2D eigenvalue weighted by Crippen LogP contribution is -2.10. The van der Waals surface area contributed by atoms with E-state index in [0.29, 0.717) is 0 Å². The summed E-state index contributed by atoms with van der Waals surface area (Å²) in [6, 6.07) is 87.4. The molecule has 0 radical (unpaired) electrons. The molecule has 1 nitrogen and oxygen atoms in total. The van der Waals surface area contributed by atoms with Gasteiger partial charge in [-0.1, -0.05) is 194 Å². The SMILES string of the molecule is c1cc(-c2ccc(-c3cc4ccccc4c4ccccc34)cc2)cc(N(c2cc(-c3ccc4ccccc4c3)c3ccccc3c2)c2cccc3c2sc2c4ccccc4ccc32)c1. The smallest absolute Gasteiger partial charge is 0.0640 e. The van der Waals surface area contributed by atoms with Gasteiger partial charge in [0.15, 0.2) is 0 Å². The van der Waals surface area contributed by atoms with Crippen molar-refractivity contribution in [2.24, 2.45) is 0 Å². The topological polar surface area (TPSA) is 3.24 Å². The molecule has 1 heterocycles. The third kappa shape index (κ3) is 5.99. The molecule has 64 heavy (non-hydrogen) atoms. The van der Waals surface area contributed by atoms with E-state index in [0.717, 1.165) is 11.4 Å². The van der Waals surface area contributed by atoms with Gasteiger partial charge >= 0.3 is 0 Å². The molecule has 0 aliphatic carbocycles. The fourth-order valence-electron chi connectivity index (χ4n) is 10.1. The zero-order valence-electron chi connectivity index (χ0n) is 34.9. The largest absolute Gasteiger partial charge is 0.309 e. The zero-order valence-corrected chi connectivity index (χ0v) is 35.7. The summed E-state index contributed by atoms with van der Waals surface area (Å²) in [5.74, 6) is 0. The maximum Gasteiger partial charge on any atom is 0.0640 e. The number of rotatable bonds is 6. The van der Waals surface area contributed by atoms with Gasteiger partial charge in [0.05, 0.1) is 10.4 Å². The number of hydrogen-bond donors (Lipinski definition) is 0. The van der Waals surface area contributed by atoms with Crippen molar-refractivity contribution in [3.8, 4) is 33.4 Å². The molecule has 0 saturated heterocycles. The number of benzene rings is 12. The van der Waals surface area contributed by atoms with Crippen LogP contribution in [0.2, 0.25) is 0 Å². The molecule has 298 valence electrons. The van der Waals surface area contributed by atoms with Gasteiger partial charge in [0, 0.05) is 26.8 Å². The first kappa shape index (κ1) is 36.6. The van der Waals surface area contributed by atoms with Gasteiger partial charge in [-0.3, -0.25) is 0 Å². The summed E-state index contributed by atoms with van der Waals surface area (Å²) in [6.07, 6.45) is 0. The lowest BCUT2D eigenvalue weighted by molar-refractivity contribution is 1.31. The van der Waals surface area contributed by atoms with E-state index in [-0.39, 0.29) is 0 Å². The van der Waals surface area contributed by atoms with Gasteiger partial charge in [0.25, 0.3) is 0 Å². The van der Waals surface area contributed by atoms with Crippen LogP contribution in [0.3, 0.4) is 0 Å². The number of nitrogens with zero attached hydrogens (tertiary/aromatic N) is 1. The Labute approximate surface area is 375 Å². The second-order valence-corrected chi connectivity index (χ2v) is 17.9. The van der Waals surface area contributed by atoms with Crippen LogP contribution in [0.4, 0.5) is 17.1 Å². The van der Waals surface area contributed by atoms with Crippen molar-refractivity contribution in [3.63, 3.8) is 0 Å². The molecule has 2 heteroatoms. The van der Waals surface area contributed by atoms with E-state index < -0.39 is 0 Å². The summed E-state index contributed by atoms with van der Waals surface area (Å²) in [7, 11) is 0. The molecule has 13 aromatic rings. The van der Waals surface area contributed by atoms with Crippen LogP contribution in [0, 0.1) is 0 Å². The van der Waals surface area contributed by atoms with E-state index in [4.69, 9.17) is 0 Å². The van der Waals surface area contributed by atoms with Gasteiger partial charge in [0.1, 0.15) is 0 Å². The molecule has 0 bridgehead atoms. The van der Waals surface area contributed by atoms with Gasteiger partial charge in [-0.05, 0) is 130 Å². The van der Waals surface area contributed by atoms with Crippen LogP contribution in [0.1, 0.15) is 0 Å². The average Bonchev–Trinajstić information content (AvgIpc) is 3.76. The van der Waals surface area contributed by atoms with Crippen LogP contribution in [0.15, 0.2) is 237 Å². The van der Waals surface area contributed by atoms with E-state index in [1.165, 1.54) is 113 Å². The summed E-state index contributed by atoms with van der Waals surface area (Å²) in [5, 5.41) is 15.2. The third-order valence-electron chi connectivity index (χ3n) is 13.2. The van der Waals surface area contributed by atoms with Gasteiger partial charge < -0.3 is 4.90 Å². The molecule has 0 atom stereocenters. The van der Waals surface area contributed by atoms with Crippen molar-refractivity contribution in [1.82, 2.24) is 0 Å². The molecule has 0 N–H and O–H groups in total. The molecule has 0 amide bonds. The van der Waals surface area contributed by atoms with Crippen LogP contribution in [-0.4, -0.2) is 0 Å². The van der Waals surface area contributed by atoms with E-state index in [2.05, 4.69) is 241 Å². The highest BCUT2D eigenvalue weighted by atomic mass is 32.1. The number of hydrogen-bond acceptors (Lipinski definition) is 2. The molecular weight excluding hydrogens is 791 g/mol. The minimum absolute atomic E-state index is 1.11. The Hall–Kier alpha value is -8.04. The summed E-state index contributed by atoms with van der Waals surface area (Å²) >= 11 is 1.90. The van der Waals surface area contributed by atoms with Crippen LogP contribution in [0.5, 0.6) is 0 Å². The zero-order chi connectivity index (χ0) is 42.1. The standard InChI is InChI=1S/C62H39NS/c1-2-15-44-35-48(32-29-40(44)13-1)59-39-50(37-46-16-4-7-21-52(46)59)63(60-26-12-25-56-57-34-33-42-14-3-8-22-53(42)61(57)64-62(56)60)49-19-11-18-45(36-49)41-27-30-43(31-28-41)58-38-47-17-5-6-20-51(47)54-23-9-10-24-55(54)58/h1-39H. The molecule has 0 saturated carbocycles. The van der Waals surface area contributed by atoms with Crippen LogP contribution in [0.25, 0.3) is 107 Å². The molecule has 1 aromatic heterocycles. The van der Waals surface area contributed by atoms with Crippen LogP contribution < -0.4 is 4.90 Å². The lowest BCUT2D eigenvalue weighted by atomic mass is 9.92. The van der Waals surface area contributed by atoms with Gasteiger partial charge in [0.2, 0.25) is 0 Å². The van der Waals surface area contributed by atoms with E-state index in [1.807, 2.05) is 11.3 Å². The Morgan fingerprint density at radius 1 is 0.250 bits per heavy atom. The van der Waals surface area contributed by atoms with Crippen molar-refractivity contribution in [2.45, 2.75) is 0 Å². The van der Waals surface area contributed by atoms with Crippen molar-refractivity contribution < 1.29 is 0 Å². The quantitative estimate of drug-likeness (QED) is 0.151. The Morgan fingerprint density at radius 3 is 1.66 bits per heavy atom. The number of thiophene rings is 1. The second kappa shape index (κ2) is 14.8. The molecule has 0 spiro atoms. The van der Waals surface area contributed by atoms with E-state index in [9.17, 15) is 0 Å². The minimum Gasteiger partial charge on any atom is -0.309 e. The molecule has 12 aromatic carbocycles. The first-order valence-electron chi connectivity index (χ1n) is 22.0. The fraction of sp³-hybridized carbons (Fsp3) is 0. The fourth-order valence-corrected chi connectivity index (χ4v) is 11.4. The highest BCUT2D eigenvalue weighted by Gasteiger charge is 2.21. The predicted octanol–water partition coefficient (Wildman–Crippen LogP) is 18.3. The lowest BCUT2D eigenvalue weighted by Gasteiger charge is -2.28. The second-order valence-electron chi connectivity index (χ2n) is 16.8. The summed E-state index contributed by atoms with van der Waals surface area (Å²) in [5.41, 5.74) is 10.6. The Morgan fingerprint density at radius 2 is 0.828 bits per heavy atom. The van der Waals surface area contributed by atoms with Gasteiger partial charge in [-0.15, -0.1) is 11.3 Å². The van der Waals surface area contributed by atoms with Crippen LogP contribution >= 0.6 is 11.3 Å². The molecule has 0 fully saturated rings. The highest BCUT2D eigenvalue weighted by molar-refractivity contribution is 7.27. The van der Waals surface area contributed by atoms with E-state index in [1.54, 1.807) is 0 Å². The third-order valence-corrected chi connectivity index (χ3v) is 14.5. The molecule has 13 rings (SSSR count). The first-order valence-corrected chi connectivity index (χ1v) is 22.8. The van der Waals surface area contributed by atoms with Gasteiger partial charge in [-0.25, -0.2) is 0 Å². The monoisotopic (exact) mass is 829 g/mol. The summed E-state index contributed by atoms with van der Waals surface area (Å²) in [6.45, 7) is 0. The molecular formula is C62H39NS. The highest BCUT2D eigenvalue weighted by Crippen LogP contribution is 2.48. The van der Waals surface area contributed by atoms with Crippen molar-refractivity contribution >= 4 is 102 Å². The van der Waals surface area contributed by atoms with Crippen molar-refractivity contribution in [3.05, 3.63) is 237 Å². The van der Waals surface area contributed by atoms with E-state index >= 15 is 0 Å². The molecule has 0 aliphatic heterocycles. The Bertz CT molecular complexity index is 3970. The average molecular weight is 830 g/mol. The summed E-state index contributed by atoms with van der Waals surface area (Å²) < 4.78 is 2.59. The number of fused-ring (bicyclic) bond motifs is 10. The predicted molar refractivity (Wildman–Crippen MR) is 278 cm³/mol. The molecule has 0 aliphatic rings. The first-order chi connectivity index (χ1) is 31.7. The maximum absolute atomic E-state index is 2.50. The van der Waals surface area contributed by atoms with Crippen molar-refractivity contribution in [1.29, 1.82) is 0 Å². The normalized spacial score (nSPS) is 11.8. The molecule has 0 unspecified atom stereocenters. The van der Waals surface area contributed by atoms with Gasteiger partial charge in [-0.2, -0.15) is 0 Å². The Kier molecular flexibility index (Phi) is 8.47. The minimum atomic E-state index is 1.11. The number of anilines is 3. The van der Waals surface area contributed by atoms with Crippen LogP contribution in [-0.2, 0) is 0 Å².